The predicted octanol–water partition coefficient (Wildman–Crippen LogP) is 4.34. The molecule has 2 rings (SSSR count). The fraction of sp³-hybridized carbons (Fsp3) is 0.154. The van der Waals surface area contributed by atoms with Gasteiger partial charge in [0, 0.05) is 5.69 Å². The van der Waals surface area contributed by atoms with E-state index >= 15 is 0 Å². The van der Waals surface area contributed by atoms with E-state index in [1.54, 1.807) is 18.3 Å². The van der Waals surface area contributed by atoms with Gasteiger partial charge in [-0.25, -0.2) is 4.39 Å². The Morgan fingerprint density at radius 3 is 2.59 bits per heavy atom. The molecular formula is C13H11BrFNO. The minimum absolute atomic E-state index is 0.309. The molecule has 1 aromatic heterocycles. The Hall–Kier alpha value is -1.42. The minimum Gasteiger partial charge on any atom is -0.456 e. The molecule has 0 aliphatic rings. The Kier molecular flexibility index (Phi) is 3.74. The molecule has 0 saturated carbocycles. The normalized spacial score (nSPS) is 10.3. The summed E-state index contributed by atoms with van der Waals surface area (Å²) in [6, 6.07) is 8.28. The number of benzene rings is 1. The Morgan fingerprint density at radius 1 is 1.24 bits per heavy atom. The maximum Gasteiger partial charge on any atom is 0.145 e. The average Bonchev–Trinajstić information content (AvgIpc) is 2.35. The lowest BCUT2D eigenvalue weighted by Gasteiger charge is -2.06. The van der Waals surface area contributed by atoms with Crippen molar-refractivity contribution >= 4 is 15.9 Å². The highest BCUT2D eigenvalue weighted by Gasteiger charge is 2.02. The van der Waals surface area contributed by atoms with Gasteiger partial charge in [-0.05, 0) is 52.7 Å². The molecular weight excluding hydrogens is 285 g/mol. The van der Waals surface area contributed by atoms with Crippen LogP contribution in [0.2, 0.25) is 0 Å². The third kappa shape index (κ3) is 3.03. The zero-order valence-electron chi connectivity index (χ0n) is 9.28. The molecule has 0 spiro atoms. The zero-order valence-corrected chi connectivity index (χ0v) is 10.9. The third-order valence-electron chi connectivity index (χ3n) is 2.29. The maximum atomic E-state index is 13.0. The van der Waals surface area contributed by atoms with Crippen molar-refractivity contribution in [3.8, 4) is 11.5 Å². The Bertz CT molecular complexity index is 513. The number of rotatable bonds is 3. The van der Waals surface area contributed by atoms with Crippen LogP contribution in [-0.4, -0.2) is 4.98 Å². The second-order valence-electron chi connectivity index (χ2n) is 3.52. The second kappa shape index (κ2) is 5.27. The van der Waals surface area contributed by atoms with Crippen LogP contribution in [0.5, 0.6) is 11.5 Å². The molecule has 0 aliphatic carbocycles. The van der Waals surface area contributed by atoms with Crippen molar-refractivity contribution < 1.29 is 9.13 Å². The fourth-order valence-corrected chi connectivity index (χ4v) is 1.71. The first kappa shape index (κ1) is 12.0. The van der Waals surface area contributed by atoms with Crippen LogP contribution >= 0.6 is 15.9 Å². The van der Waals surface area contributed by atoms with E-state index in [2.05, 4.69) is 20.9 Å². The number of nitrogens with zero attached hydrogens (tertiary/aromatic N) is 1. The Morgan fingerprint density at radius 2 is 2.00 bits per heavy atom. The first-order valence-corrected chi connectivity index (χ1v) is 6.06. The highest BCUT2D eigenvalue weighted by atomic mass is 79.9. The summed E-state index contributed by atoms with van der Waals surface area (Å²) in [5, 5.41) is 0. The van der Waals surface area contributed by atoms with E-state index < -0.39 is 0 Å². The van der Waals surface area contributed by atoms with Gasteiger partial charge in [0.05, 0.1) is 10.7 Å². The summed E-state index contributed by atoms with van der Waals surface area (Å²) in [6.07, 6.45) is 2.55. The topological polar surface area (TPSA) is 22.1 Å². The second-order valence-corrected chi connectivity index (χ2v) is 4.37. The van der Waals surface area contributed by atoms with Crippen molar-refractivity contribution in [3.63, 3.8) is 0 Å². The van der Waals surface area contributed by atoms with Crippen molar-refractivity contribution in [3.05, 3.63) is 52.5 Å². The quantitative estimate of drug-likeness (QED) is 0.840. The lowest BCUT2D eigenvalue weighted by Crippen LogP contribution is -1.89. The molecule has 1 heterocycles. The SMILES string of the molecule is CCc1ccc(Oc2ccc(F)c(Br)c2)cn1. The van der Waals surface area contributed by atoms with Gasteiger partial charge in [0.1, 0.15) is 17.3 Å². The molecule has 1 aromatic carbocycles. The van der Waals surface area contributed by atoms with Gasteiger partial charge in [-0.3, -0.25) is 4.98 Å². The molecule has 0 aliphatic heterocycles. The molecule has 0 atom stereocenters. The lowest BCUT2D eigenvalue weighted by atomic mass is 10.3. The number of ether oxygens (including phenoxy) is 1. The van der Waals surface area contributed by atoms with Gasteiger partial charge in [0.2, 0.25) is 0 Å². The van der Waals surface area contributed by atoms with Crippen LogP contribution in [0, 0.1) is 5.82 Å². The minimum atomic E-state index is -0.309. The van der Waals surface area contributed by atoms with Crippen LogP contribution in [0.25, 0.3) is 0 Å². The number of aryl methyl sites for hydroxylation is 1. The summed E-state index contributed by atoms with van der Waals surface area (Å²) >= 11 is 3.11. The van der Waals surface area contributed by atoms with Crippen molar-refractivity contribution in [2.24, 2.45) is 0 Å². The third-order valence-corrected chi connectivity index (χ3v) is 2.89. The number of aromatic nitrogens is 1. The monoisotopic (exact) mass is 295 g/mol. The Labute approximate surface area is 108 Å². The van der Waals surface area contributed by atoms with E-state index in [9.17, 15) is 4.39 Å². The van der Waals surface area contributed by atoms with Gasteiger partial charge in [-0.2, -0.15) is 0 Å². The zero-order chi connectivity index (χ0) is 12.3. The first-order chi connectivity index (χ1) is 8.19. The summed E-state index contributed by atoms with van der Waals surface area (Å²) in [4.78, 5) is 4.22. The van der Waals surface area contributed by atoms with Crippen molar-refractivity contribution in [2.75, 3.05) is 0 Å². The van der Waals surface area contributed by atoms with Crippen LogP contribution < -0.4 is 4.74 Å². The van der Waals surface area contributed by atoms with E-state index in [1.165, 1.54) is 6.07 Å². The van der Waals surface area contributed by atoms with Gasteiger partial charge < -0.3 is 4.74 Å². The summed E-state index contributed by atoms with van der Waals surface area (Å²) in [5.74, 6) is 0.904. The van der Waals surface area contributed by atoms with E-state index in [0.29, 0.717) is 16.0 Å². The van der Waals surface area contributed by atoms with E-state index in [4.69, 9.17) is 4.74 Å². The highest BCUT2D eigenvalue weighted by molar-refractivity contribution is 9.10. The van der Waals surface area contributed by atoms with Gasteiger partial charge >= 0.3 is 0 Å². The van der Waals surface area contributed by atoms with Crippen LogP contribution in [-0.2, 0) is 6.42 Å². The van der Waals surface area contributed by atoms with Crippen molar-refractivity contribution in [1.82, 2.24) is 4.98 Å². The maximum absolute atomic E-state index is 13.0. The molecule has 2 nitrogen and oxygen atoms in total. The number of hydrogen-bond donors (Lipinski definition) is 0. The molecule has 0 radical (unpaired) electrons. The van der Waals surface area contributed by atoms with E-state index in [-0.39, 0.29) is 5.82 Å². The molecule has 17 heavy (non-hydrogen) atoms. The van der Waals surface area contributed by atoms with E-state index in [1.807, 2.05) is 19.1 Å². The molecule has 2 aromatic rings. The molecule has 4 heteroatoms. The summed E-state index contributed by atoms with van der Waals surface area (Å²) in [6.45, 7) is 2.04. The fourth-order valence-electron chi connectivity index (χ4n) is 1.36. The first-order valence-electron chi connectivity index (χ1n) is 5.27. The molecule has 0 fully saturated rings. The summed E-state index contributed by atoms with van der Waals surface area (Å²) in [7, 11) is 0. The standard InChI is InChI=1S/C13H11BrFNO/c1-2-9-3-4-11(8-16-9)17-10-5-6-13(15)12(14)7-10/h3-8H,2H2,1H3. The van der Waals surface area contributed by atoms with Crippen LogP contribution in [0.1, 0.15) is 12.6 Å². The molecule has 0 amide bonds. The largest absolute Gasteiger partial charge is 0.456 e. The summed E-state index contributed by atoms with van der Waals surface area (Å²) < 4.78 is 19.0. The number of pyridine rings is 1. The molecule has 88 valence electrons. The van der Waals surface area contributed by atoms with Gasteiger partial charge in [-0.1, -0.05) is 6.92 Å². The van der Waals surface area contributed by atoms with Crippen LogP contribution in [0.3, 0.4) is 0 Å². The highest BCUT2D eigenvalue weighted by Crippen LogP contribution is 2.25. The van der Waals surface area contributed by atoms with Gasteiger partial charge in [0.25, 0.3) is 0 Å². The Balaban J connectivity index is 2.16. The average molecular weight is 296 g/mol. The lowest BCUT2D eigenvalue weighted by molar-refractivity contribution is 0.477. The molecule has 0 saturated heterocycles. The predicted molar refractivity (Wildman–Crippen MR) is 67.8 cm³/mol. The molecule has 0 bridgehead atoms. The van der Waals surface area contributed by atoms with Gasteiger partial charge in [-0.15, -0.1) is 0 Å². The van der Waals surface area contributed by atoms with Crippen molar-refractivity contribution in [2.45, 2.75) is 13.3 Å². The molecule has 0 N–H and O–H groups in total. The molecule has 0 unspecified atom stereocenters. The van der Waals surface area contributed by atoms with Crippen LogP contribution in [0.15, 0.2) is 41.0 Å². The van der Waals surface area contributed by atoms with E-state index in [0.717, 1.165) is 12.1 Å². The smallest absolute Gasteiger partial charge is 0.145 e. The van der Waals surface area contributed by atoms with Crippen molar-refractivity contribution in [1.29, 1.82) is 0 Å². The van der Waals surface area contributed by atoms with Gasteiger partial charge in [0.15, 0.2) is 0 Å². The summed E-state index contributed by atoms with van der Waals surface area (Å²) in [5.41, 5.74) is 1.01. The number of hydrogen-bond acceptors (Lipinski definition) is 2. The van der Waals surface area contributed by atoms with Crippen LogP contribution in [0.4, 0.5) is 4.39 Å². The number of halogens is 2.